The molecule has 0 aliphatic rings. The first kappa shape index (κ1) is 14.9. The Bertz CT molecular complexity index is 436. The minimum atomic E-state index is -0.466. The van der Waals surface area contributed by atoms with E-state index in [1.165, 1.54) is 6.07 Å². The Morgan fingerprint density at radius 3 is 2.78 bits per heavy atom. The lowest BCUT2D eigenvalue weighted by Crippen LogP contribution is -2.04. The number of nitrogens with zero attached hydrogens (tertiary/aromatic N) is 2. The third-order valence-corrected chi connectivity index (χ3v) is 3.05. The van der Waals surface area contributed by atoms with E-state index >= 15 is 0 Å². The van der Waals surface area contributed by atoms with E-state index in [2.05, 4.69) is 34.8 Å². The number of hydrogen-bond donors (Lipinski definition) is 0. The van der Waals surface area contributed by atoms with Gasteiger partial charge < -0.3 is 4.74 Å². The molecule has 5 nitrogen and oxygen atoms in total. The van der Waals surface area contributed by atoms with Crippen LogP contribution in [-0.4, -0.2) is 16.5 Å². The van der Waals surface area contributed by atoms with Crippen molar-refractivity contribution in [3.8, 4) is 5.88 Å². The van der Waals surface area contributed by atoms with Crippen LogP contribution in [0.3, 0.4) is 0 Å². The number of pyridine rings is 1. The molecule has 6 heteroatoms. The molecule has 0 atom stereocenters. The summed E-state index contributed by atoms with van der Waals surface area (Å²) in [5.41, 5.74) is 0.636. The molecule has 0 aromatic carbocycles. The van der Waals surface area contributed by atoms with E-state index in [0.717, 1.165) is 12.8 Å². The molecule has 0 saturated heterocycles. The molecule has 1 aromatic heterocycles. The van der Waals surface area contributed by atoms with Gasteiger partial charge >= 0.3 is 5.69 Å². The second kappa shape index (κ2) is 6.68. The molecule has 0 radical (unpaired) electrons. The largest absolute Gasteiger partial charge is 0.477 e. The number of rotatable bonds is 6. The Balaban J connectivity index is 2.67. The summed E-state index contributed by atoms with van der Waals surface area (Å²) in [6, 6.07) is 1.47. The summed E-state index contributed by atoms with van der Waals surface area (Å²) in [5, 5.41) is 10.7. The molecular weight excluding hydrogens is 300 g/mol. The maximum Gasteiger partial charge on any atom is 0.302 e. The molecule has 0 saturated carbocycles. The van der Waals surface area contributed by atoms with Crippen LogP contribution >= 0.6 is 15.9 Å². The van der Waals surface area contributed by atoms with Gasteiger partial charge in [0.25, 0.3) is 0 Å². The number of halogens is 1. The minimum Gasteiger partial charge on any atom is -0.477 e. The Kier molecular flexibility index (Phi) is 5.53. The Morgan fingerprint density at radius 1 is 1.56 bits per heavy atom. The average molecular weight is 317 g/mol. The Morgan fingerprint density at radius 2 is 2.22 bits per heavy atom. The van der Waals surface area contributed by atoms with Crippen LogP contribution in [-0.2, 0) is 0 Å². The zero-order valence-electron chi connectivity index (χ0n) is 10.8. The third kappa shape index (κ3) is 4.25. The second-order valence-electron chi connectivity index (χ2n) is 4.56. The highest BCUT2D eigenvalue weighted by atomic mass is 79.9. The topological polar surface area (TPSA) is 65.3 Å². The third-order valence-electron chi connectivity index (χ3n) is 2.46. The van der Waals surface area contributed by atoms with Crippen molar-refractivity contribution in [3.63, 3.8) is 0 Å². The van der Waals surface area contributed by atoms with Crippen LogP contribution in [0.4, 0.5) is 5.69 Å². The van der Waals surface area contributed by atoms with Gasteiger partial charge in [0.05, 0.1) is 11.5 Å². The molecule has 1 heterocycles. The fraction of sp³-hybridized carbons (Fsp3) is 0.583. The van der Waals surface area contributed by atoms with E-state index in [4.69, 9.17) is 4.74 Å². The van der Waals surface area contributed by atoms with Gasteiger partial charge in [0.15, 0.2) is 4.60 Å². The van der Waals surface area contributed by atoms with E-state index in [-0.39, 0.29) is 10.3 Å². The Hall–Kier alpha value is -1.17. The van der Waals surface area contributed by atoms with Gasteiger partial charge in [-0.15, -0.1) is 0 Å². The molecule has 0 aliphatic heterocycles. The maximum atomic E-state index is 10.7. The van der Waals surface area contributed by atoms with Gasteiger partial charge in [-0.3, -0.25) is 10.1 Å². The summed E-state index contributed by atoms with van der Waals surface area (Å²) in [7, 11) is 0. The van der Waals surface area contributed by atoms with Crippen LogP contribution in [0.15, 0.2) is 10.7 Å². The van der Waals surface area contributed by atoms with Gasteiger partial charge in [0, 0.05) is 11.6 Å². The van der Waals surface area contributed by atoms with Gasteiger partial charge in [-0.05, 0) is 41.6 Å². The van der Waals surface area contributed by atoms with Crippen molar-refractivity contribution >= 4 is 21.6 Å². The second-order valence-corrected chi connectivity index (χ2v) is 5.31. The van der Waals surface area contributed by atoms with Crippen molar-refractivity contribution in [2.45, 2.75) is 33.6 Å². The highest BCUT2D eigenvalue weighted by Crippen LogP contribution is 2.28. The maximum absolute atomic E-state index is 10.7. The zero-order valence-corrected chi connectivity index (χ0v) is 12.4. The SMILES string of the molecule is Cc1cc([N+](=O)[O-])c(Br)nc1OCCCC(C)C. The molecule has 0 unspecified atom stereocenters. The quantitative estimate of drug-likeness (QED) is 0.346. The number of aromatic nitrogens is 1. The summed E-state index contributed by atoms with van der Waals surface area (Å²) in [6.07, 6.45) is 2.04. The fourth-order valence-electron chi connectivity index (χ4n) is 1.50. The van der Waals surface area contributed by atoms with Crippen molar-refractivity contribution in [2.75, 3.05) is 6.61 Å². The van der Waals surface area contributed by atoms with Crippen LogP contribution in [0, 0.1) is 23.0 Å². The molecule has 0 amide bonds. The van der Waals surface area contributed by atoms with Crippen molar-refractivity contribution in [1.29, 1.82) is 0 Å². The first-order chi connectivity index (χ1) is 8.41. The van der Waals surface area contributed by atoms with E-state index in [0.29, 0.717) is 24.0 Å². The molecule has 100 valence electrons. The summed E-state index contributed by atoms with van der Waals surface area (Å²) in [5.74, 6) is 1.10. The molecule has 0 fully saturated rings. The van der Waals surface area contributed by atoms with Crippen molar-refractivity contribution < 1.29 is 9.66 Å². The number of ether oxygens (including phenoxy) is 1. The van der Waals surface area contributed by atoms with Gasteiger partial charge in [0.1, 0.15) is 0 Å². The van der Waals surface area contributed by atoms with Gasteiger partial charge in [-0.25, -0.2) is 0 Å². The lowest BCUT2D eigenvalue weighted by Gasteiger charge is -2.09. The number of hydrogen-bond acceptors (Lipinski definition) is 4. The summed E-state index contributed by atoms with van der Waals surface area (Å²) in [6.45, 7) is 6.65. The van der Waals surface area contributed by atoms with Gasteiger partial charge in [-0.2, -0.15) is 4.98 Å². The van der Waals surface area contributed by atoms with Crippen LogP contribution in [0.2, 0.25) is 0 Å². The van der Waals surface area contributed by atoms with Gasteiger partial charge in [0.2, 0.25) is 5.88 Å². The smallest absolute Gasteiger partial charge is 0.302 e. The van der Waals surface area contributed by atoms with Crippen LogP contribution < -0.4 is 4.74 Å². The first-order valence-corrected chi connectivity index (χ1v) is 6.65. The monoisotopic (exact) mass is 316 g/mol. The van der Waals surface area contributed by atoms with E-state index in [9.17, 15) is 10.1 Å². The predicted octanol–water partition coefficient (Wildman–Crippen LogP) is 3.88. The highest BCUT2D eigenvalue weighted by molar-refractivity contribution is 9.10. The normalized spacial score (nSPS) is 10.7. The zero-order chi connectivity index (χ0) is 13.7. The number of aryl methyl sites for hydroxylation is 1. The molecule has 18 heavy (non-hydrogen) atoms. The lowest BCUT2D eigenvalue weighted by atomic mass is 10.1. The summed E-state index contributed by atoms with van der Waals surface area (Å²) >= 11 is 3.08. The van der Waals surface area contributed by atoms with Crippen molar-refractivity contribution in [2.24, 2.45) is 5.92 Å². The number of nitro groups is 1. The molecule has 1 rings (SSSR count). The van der Waals surface area contributed by atoms with E-state index in [1.54, 1.807) is 6.92 Å². The summed E-state index contributed by atoms with van der Waals surface area (Å²) in [4.78, 5) is 14.3. The standard InChI is InChI=1S/C12H17BrN2O3/c1-8(2)5-4-6-18-12-9(3)7-10(15(16)17)11(13)14-12/h7-8H,4-6H2,1-3H3. The molecule has 0 spiro atoms. The van der Waals surface area contributed by atoms with Crippen LogP contribution in [0.5, 0.6) is 5.88 Å². The predicted molar refractivity (Wildman–Crippen MR) is 72.9 cm³/mol. The molecule has 0 bridgehead atoms. The lowest BCUT2D eigenvalue weighted by molar-refractivity contribution is -0.386. The fourth-order valence-corrected chi connectivity index (χ4v) is 1.92. The van der Waals surface area contributed by atoms with Crippen molar-refractivity contribution in [3.05, 3.63) is 26.3 Å². The van der Waals surface area contributed by atoms with Crippen LogP contribution in [0.1, 0.15) is 32.3 Å². The minimum absolute atomic E-state index is 0.0398. The average Bonchev–Trinajstić information content (AvgIpc) is 2.27. The molecule has 0 N–H and O–H groups in total. The van der Waals surface area contributed by atoms with Gasteiger partial charge in [-0.1, -0.05) is 13.8 Å². The molecular formula is C12H17BrN2O3. The first-order valence-electron chi connectivity index (χ1n) is 5.86. The summed E-state index contributed by atoms with van der Waals surface area (Å²) < 4.78 is 5.74. The van der Waals surface area contributed by atoms with E-state index in [1.807, 2.05) is 0 Å². The van der Waals surface area contributed by atoms with Crippen molar-refractivity contribution in [1.82, 2.24) is 4.98 Å². The Labute approximate surface area is 115 Å². The van der Waals surface area contributed by atoms with Crippen LogP contribution in [0.25, 0.3) is 0 Å². The molecule has 1 aromatic rings. The van der Waals surface area contributed by atoms with E-state index < -0.39 is 4.92 Å². The molecule has 0 aliphatic carbocycles. The highest BCUT2D eigenvalue weighted by Gasteiger charge is 2.16.